The van der Waals surface area contributed by atoms with E-state index in [4.69, 9.17) is 0 Å². The van der Waals surface area contributed by atoms with E-state index in [2.05, 4.69) is 60.0 Å². The fraction of sp³-hybridized carbons (Fsp3) is 0.250. The van der Waals surface area contributed by atoms with Crippen LogP contribution < -0.4 is 10.6 Å². The van der Waals surface area contributed by atoms with Crippen molar-refractivity contribution >= 4 is 0 Å². The zero-order valence-corrected chi connectivity index (χ0v) is 11.4. The SMILES string of the molecule is C=CNC1=C(C=C)NC(CCc2ccccc2)N1C. The molecule has 100 valence electrons. The van der Waals surface area contributed by atoms with Crippen molar-refractivity contribution in [3.63, 3.8) is 0 Å². The molecule has 2 rings (SSSR count). The van der Waals surface area contributed by atoms with Crippen LogP contribution in [0.5, 0.6) is 0 Å². The lowest BCUT2D eigenvalue weighted by atomic mass is 10.1. The van der Waals surface area contributed by atoms with Gasteiger partial charge >= 0.3 is 0 Å². The van der Waals surface area contributed by atoms with Gasteiger partial charge in [-0.25, -0.2) is 0 Å². The van der Waals surface area contributed by atoms with Crippen LogP contribution in [0.1, 0.15) is 12.0 Å². The summed E-state index contributed by atoms with van der Waals surface area (Å²) in [6, 6.07) is 10.5. The van der Waals surface area contributed by atoms with Crippen LogP contribution in [-0.4, -0.2) is 18.1 Å². The van der Waals surface area contributed by atoms with E-state index in [9.17, 15) is 0 Å². The molecule has 0 amide bonds. The first-order valence-corrected chi connectivity index (χ1v) is 6.53. The first-order chi connectivity index (χ1) is 9.26. The van der Waals surface area contributed by atoms with Crippen molar-refractivity contribution in [3.8, 4) is 0 Å². The molecule has 1 heterocycles. The Labute approximate surface area is 115 Å². The van der Waals surface area contributed by atoms with E-state index in [1.807, 2.05) is 12.1 Å². The highest BCUT2D eigenvalue weighted by molar-refractivity contribution is 5.27. The molecule has 0 fully saturated rings. The molecule has 2 N–H and O–H groups in total. The maximum absolute atomic E-state index is 3.84. The number of nitrogens with zero attached hydrogens (tertiary/aromatic N) is 1. The molecule has 1 aromatic carbocycles. The van der Waals surface area contributed by atoms with Crippen molar-refractivity contribution in [1.29, 1.82) is 0 Å². The largest absolute Gasteiger partial charge is 0.362 e. The fourth-order valence-electron chi connectivity index (χ4n) is 2.34. The topological polar surface area (TPSA) is 27.3 Å². The second kappa shape index (κ2) is 6.14. The van der Waals surface area contributed by atoms with Gasteiger partial charge in [-0.1, -0.05) is 43.5 Å². The summed E-state index contributed by atoms with van der Waals surface area (Å²) in [4.78, 5) is 2.20. The minimum Gasteiger partial charge on any atom is -0.362 e. The van der Waals surface area contributed by atoms with E-state index in [0.717, 1.165) is 24.4 Å². The van der Waals surface area contributed by atoms with Gasteiger partial charge in [0.25, 0.3) is 0 Å². The molecule has 1 aromatic rings. The second-order valence-corrected chi connectivity index (χ2v) is 4.61. The summed E-state index contributed by atoms with van der Waals surface area (Å²) < 4.78 is 0. The Balaban J connectivity index is 1.97. The molecule has 1 aliphatic heterocycles. The third kappa shape index (κ3) is 2.99. The van der Waals surface area contributed by atoms with E-state index in [-0.39, 0.29) is 6.17 Å². The summed E-state index contributed by atoms with van der Waals surface area (Å²) >= 11 is 0. The normalized spacial score (nSPS) is 18.2. The van der Waals surface area contributed by atoms with Crippen molar-refractivity contribution in [1.82, 2.24) is 15.5 Å². The first kappa shape index (κ1) is 13.3. The van der Waals surface area contributed by atoms with Gasteiger partial charge < -0.3 is 15.5 Å². The van der Waals surface area contributed by atoms with Crippen LogP contribution >= 0.6 is 0 Å². The van der Waals surface area contributed by atoms with Gasteiger partial charge in [-0.15, -0.1) is 0 Å². The van der Waals surface area contributed by atoms with Crippen molar-refractivity contribution < 1.29 is 0 Å². The Morgan fingerprint density at radius 1 is 1.32 bits per heavy atom. The van der Waals surface area contributed by atoms with Gasteiger partial charge in [0.05, 0.1) is 5.70 Å². The van der Waals surface area contributed by atoms with Gasteiger partial charge in [-0.05, 0) is 30.7 Å². The fourth-order valence-corrected chi connectivity index (χ4v) is 2.34. The summed E-state index contributed by atoms with van der Waals surface area (Å²) in [5.41, 5.74) is 2.39. The molecule has 3 nitrogen and oxygen atoms in total. The van der Waals surface area contributed by atoms with Crippen LogP contribution in [0.2, 0.25) is 0 Å². The number of benzene rings is 1. The average Bonchev–Trinajstić information content (AvgIpc) is 2.75. The number of nitrogens with one attached hydrogen (secondary N) is 2. The van der Waals surface area contributed by atoms with Crippen molar-refractivity contribution in [3.05, 3.63) is 72.8 Å². The standard InChI is InChI=1S/C16H21N3/c1-4-14-16(17-5-2)19(3)15(18-14)12-11-13-9-7-6-8-10-13/h4-10,15,17-18H,1-2,11-12H2,3H3. The van der Waals surface area contributed by atoms with Gasteiger partial charge in [0, 0.05) is 7.05 Å². The quantitative estimate of drug-likeness (QED) is 0.818. The maximum Gasteiger partial charge on any atom is 0.131 e. The molecular formula is C16H21N3. The number of hydrogen-bond acceptors (Lipinski definition) is 3. The molecule has 0 radical (unpaired) electrons. The molecule has 1 atom stereocenters. The van der Waals surface area contributed by atoms with Crippen LogP contribution in [0.4, 0.5) is 0 Å². The number of aryl methyl sites for hydroxylation is 1. The Morgan fingerprint density at radius 3 is 2.68 bits per heavy atom. The Morgan fingerprint density at radius 2 is 2.05 bits per heavy atom. The summed E-state index contributed by atoms with van der Waals surface area (Å²) in [5.74, 6) is 1.03. The maximum atomic E-state index is 3.84. The monoisotopic (exact) mass is 255 g/mol. The number of rotatable bonds is 6. The summed E-state index contributed by atoms with van der Waals surface area (Å²) in [7, 11) is 2.07. The predicted octanol–water partition coefficient (Wildman–Crippen LogP) is 2.57. The van der Waals surface area contributed by atoms with Gasteiger partial charge in [0.2, 0.25) is 0 Å². The smallest absolute Gasteiger partial charge is 0.131 e. The summed E-state index contributed by atoms with van der Waals surface area (Å²) in [6.07, 6.45) is 5.91. The van der Waals surface area contributed by atoms with E-state index < -0.39 is 0 Å². The van der Waals surface area contributed by atoms with Crippen LogP contribution in [0, 0.1) is 0 Å². The van der Waals surface area contributed by atoms with Gasteiger partial charge in [0.15, 0.2) is 0 Å². The summed E-state index contributed by atoms with van der Waals surface area (Å²) in [5, 5.41) is 6.63. The van der Waals surface area contributed by atoms with Crippen LogP contribution in [0.3, 0.4) is 0 Å². The zero-order valence-electron chi connectivity index (χ0n) is 11.4. The van der Waals surface area contributed by atoms with Crippen LogP contribution in [0.25, 0.3) is 0 Å². The van der Waals surface area contributed by atoms with E-state index in [1.54, 1.807) is 6.20 Å². The zero-order chi connectivity index (χ0) is 13.7. The molecular weight excluding hydrogens is 234 g/mol. The average molecular weight is 255 g/mol. The highest BCUT2D eigenvalue weighted by atomic mass is 15.4. The summed E-state index contributed by atoms with van der Waals surface area (Å²) in [6.45, 7) is 7.55. The minimum absolute atomic E-state index is 0.288. The Bertz CT molecular complexity index is 476. The third-order valence-electron chi connectivity index (χ3n) is 3.39. The lowest BCUT2D eigenvalue weighted by Gasteiger charge is -2.24. The van der Waals surface area contributed by atoms with Gasteiger partial charge in [-0.2, -0.15) is 0 Å². The Hall–Kier alpha value is -2.16. The molecule has 1 aliphatic rings. The van der Waals surface area contributed by atoms with Crippen molar-refractivity contribution in [2.24, 2.45) is 0 Å². The minimum atomic E-state index is 0.288. The van der Waals surface area contributed by atoms with Gasteiger partial charge in [-0.3, -0.25) is 0 Å². The molecule has 3 heteroatoms. The van der Waals surface area contributed by atoms with Crippen LogP contribution in [0.15, 0.2) is 67.3 Å². The molecule has 1 unspecified atom stereocenters. The lowest BCUT2D eigenvalue weighted by Crippen LogP contribution is -2.36. The molecule has 0 aliphatic carbocycles. The molecule has 0 saturated heterocycles. The Kier molecular flexibility index (Phi) is 4.29. The number of allylic oxidation sites excluding steroid dienone is 1. The van der Waals surface area contributed by atoms with E-state index in [1.165, 1.54) is 5.56 Å². The molecule has 19 heavy (non-hydrogen) atoms. The van der Waals surface area contributed by atoms with E-state index >= 15 is 0 Å². The molecule has 0 spiro atoms. The van der Waals surface area contributed by atoms with E-state index in [0.29, 0.717) is 0 Å². The third-order valence-corrected chi connectivity index (χ3v) is 3.39. The predicted molar refractivity (Wildman–Crippen MR) is 80.0 cm³/mol. The van der Waals surface area contributed by atoms with Crippen molar-refractivity contribution in [2.45, 2.75) is 19.0 Å². The molecule has 0 aromatic heterocycles. The highest BCUT2D eigenvalue weighted by Gasteiger charge is 2.25. The van der Waals surface area contributed by atoms with Crippen molar-refractivity contribution in [2.75, 3.05) is 7.05 Å². The first-order valence-electron chi connectivity index (χ1n) is 6.53. The van der Waals surface area contributed by atoms with Crippen LogP contribution in [-0.2, 0) is 6.42 Å². The molecule has 0 saturated carbocycles. The lowest BCUT2D eigenvalue weighted by molar-refractivity contribution is 0.284. The second-order valence-electron chi connectivity index (χ2n) is 4.61. The molecule has 0 bridgehead atoms. The van der Waals surface area contributed by atoms with Gasteiger partial charge in [0.1, 0.15) is 12.0 Å². The number of hydrogen-bond donors (Lipinski definition) is 2. The highest BCUT2D eigenvalue weighted by Crippen LogP contribution is 2.20.